The average Bonchev–Trinajstić information content (AvgIpc) is 2.74. The molecule has 2 rings (SSSR count). The van der Waals surface area contributed by atoms with Gasteiger partial charge in [-0.3, -0.25) is 0 Å². The third-order valence-corrected chi connectivity index (χ3v) is 3.63. The minimum atomic E-state index is -3.06. The smallest absolute Gasteiger partial charge is 0.153 e. The van der Waals surface area contributed by atoms with Crippen LogP contribution in [0.1, 0.15) is 16.4 Å². The molecule has 0 bridgehead atoms. The van der Waals surface area contributed by atoms with E-state index < -0.39 is 9.84 Å². The van der Waals surface area contributed by atoms with Crippen molar-refractivity contribution in [1.29, 1.82) is 0 Å². The van der Waals surface area contributed by atoms with E-state index in [0.717, 1.165) is 10.7 Å². The molecule has 0 radical (unpaired) electrons. The second-order valence-corrected chi connectivity index (χ2v) is 7.04. The molecule has 92 valence electrons. The minimum Gasteiger partial charge on any atom is -0.246 e. The molecule has 0 saturated carbocycles. The molecule has 0 unspecified atom stereocenters. The van der Waals surface area contributed by atoms with Gasteiger partial charge in [0.1, 0.15) is 0 Å². The molecule has 0 aliphatic carbocycles. The highest BCUT2D eigenvalue weighted by Crippen LogP contribution is 2.09. The Morgan fingerprint density at radius 1 is 1.41 bits per heavy atom. The topological polar surface area (TPSA) is 77.7 Å². The summed E-state index contributed by atoms with van der Waals surface area (Å²) >= 11 is 1.57. The van der Waals surface area contributed by atoms with Crippen LogP contribution in [0.5, 0.6) is 0 Å². The molecule has 0 saturated heterocycles. The van der Waals surface area contributed by atoms with Gasteiger partial charge in [0.05, 0.1) is 28.7 Å². The Hall–Kier alpha value is -1.28. The van der Waals surface area contributed by atoms with Crippen LogP contribution in [-0.4, -0.2) is 34.7 Å². The Balaban J connectivity index is 2.08. The van der Waals surface area contributed by atoms with E-state index in [1.165, 1.54) is 6.26 Å². The summed E-state index contributed by atoms with van der Waals surface area (Å²) in [6.07, 6.45) is 2.81. The lowest BCUT2D eigenvalue weighted by Crippen LogP contribution is -2.01. The van der Waals surface area contributed by atoms with E-state index in [1.54, 1.807) is 22.2 Å². The maximum Gasteiger partial charge on any atom is 0.153 e. The van der Waals surface area contributed by atoms with Crippen LogP contribution in [0.15, 0.2) is 11.6 Å². The highest BCUT2D eigenvalue weighted by molar-refractivity contribution is 7.89. The lowest BCUT2D eigenvalue weighted by Gasteiger charge is -1.94. The fourth-order valence-corrected chi connectivity index (χ4v) is 2.67. The van der Waals surface area contributed by atoms with Gasteiger partial charge in [-0.25, -0.2) is 18.1 Å². The lowest BCUT2D eigenvalue weighted by molar-refractivity contribution is 0.600. The largest absolute Gasteiger partial charge is 0.246 e. The quantitative estimate of drug-likeness (QED) is 0.816. The predicted octanol–water partition coefficient (Wildman–Crippen LogP) is 0.636. The first-order chi connectivity index (χ1) is 7.92. The second-order valence-electron chi connectivity index (χ2n) is 3.84. The molecule has 0 N–H and O–H groups in total. The van der Waals surface area contributed by atoms with Gasteiger partial charge in [0, 0.05) is 17.8 Å². The predicted molar refractivity (Wildman–Crippen MR) is 64.5 cm³/mol. The van der Waals surface area contributed by atoms with Gasteiger partial charge in [0.25, 0.3) is 0 Å². The number of rotatable bonds is 4. The highest BCUT2D eigenvalue weighted by atomic mass is 32.2. The van der Waals surface area contributed by atoms with Gasteiger partial charge in [-0.2, -0.15) is 0 Å². The molecule has 0 aromatic carbocycles. The Kier molecular flexibility index (Phi) is 3.25. The molecule has 17 heavy (non-hydrogen) atoms. The van der Waals surface area contributed by atoms with E-state index in [0.29, 0.717) is 12.2 Å². The maximum absolute atomic E-state index is 11.1. The summed E-state index contributed by atoms with van der Waals surface area (Å²) in [5, 5.41) is 10.6. The summed E-state index contributed by atoms with van der Waals surface area (Å²) in [6, 6.07) is 0. The van der Waals surface area contributed by atoms with Crippen LogP contribution in [0.2, 0.25) is 0 Å². The highest BCUT2D eigenvalue weighted by Gasteiger charge is 2.09. The molecule has 0 fully saturated rings. The normalized spacial score (nSPS) is 11.9. The monoisotopic (exact) mass is 272 g/mol. The van der Waals surface area contributed by atoms with Crippen molar-refractivity contribution in [3.63, 3.8) is 0 Å². The standard InChI is InChI=1S/C9H12N4O2S2/c1-7-10-8(5-16-7)3-13-4-9(11-12-13)6-17(2,14)15/h4-5H,3,6H2,1-2H3. The summed E-state index contributed by atoms with van der Waals surface area (Å²) in [5.74, 6) is -0.0803. The zero-order valence-corrected chi connectivity index (χ0v) is 11.1. The average molecular weight is 272 g/mol. The van der Waals surface area contributed by atoms with Gasteiger partial charge < -0.3 is 0 Å². The van der Waals surface area contributed by atoms with Crippen molar-refractivity contribution in [2.45, 2.75) is 19.2 Å². The molecular weight excluding hydrogens is 260 g/mol. The van der Waals surface area contributed by atoms with Crippen LogP contribution in [0.3, 0.4) is 0 Å². The van der Waals surface area contributed by atoms with Crippen LogP contribution in [0, 0.1) is 6.92 Å². The molecule has 0 aliphatic heterocycles. The molecule has 0 amide bonds. The van der Waals surface area contributed by atoms with E-state index in [4.69, 9.17) is 0 Å². The number of sulfone groups is 1. The third kappa shape index (κ3) is 3.60. The van der Waals surface area contributed by atoms with Crippen LogP contribution in [0.25, 0.3) is 0 Å². The molecule has 2 heterocycles. The van der Waals surface area contributed by atoms with E-state index in [9.17, 15) is 8.42 Å². The summed E-state index contributed by atoms with van der Waals surface area (Å²) in [7, 11) is -3.06. The zero-order valence-electron chi connectivity index (χ0n) is 9.49. The first-order valence-electron chi connectivity index (χ1n) is 4.90. The number of nitrogens with zero attached hydrogens (tertiary/aromatic N) is 4. The Morgan fingerprint density at radius 3 is 2.76 bits per heavy atom. The Labute approximate surface area is 103 Å². The second kappa shape index (κ2) is 4.53. The molecule has 8 heteroatoms. The third-order valence-electron chi connectivity index (χ3n) is 1.99. The molecule has 6 nitrogen and oxygen atoms in total. The van der Waals surface area contributed by atoms with E-state index >= 15 is 0 Å². The number of aromatic nitrogens is 4. The summed E-state index contributed by atoms with van der Waals surface area (Å²) in [6.45, 7) is 2.45. The lowest BCUT2D eigenvalue weighted by atomic mass is 10.5. The number of hydrogen-bond donors (Lipinski definition) is 0. The first-order valence-corrected chi connectivity index (χ1v) is 7.84. The SMILES string of the molecule is Cc1nc(Cn2cc(CS(C)(=O)=O)nn2)cs1. The summed E-state index contributed by atoms with van der Waals surface area (Å²) in [4.78, 5) is 4.30. The van der Waals surface area contributed by atoms with Gasteiger partial charge in [-0.15, -0.1) is 16.4 Å². The van der Waals surface area contributed by atoms with Gasteiger partial charge >= 0.3 is 0 Å². The van der Waals surface area contributed by atoms with E-state index in [-0.39, 0.29) is 5.75 Å². The zero-order chi connectivity index (χ0) is 12.5. The van der Waals surface area contributed by atoms with Crippen LogP contribution in [0.4, 0.5) is 0 Å². The Bertz CT molecular complexity index is 614. The summed E-state index contributed by atoms with van der Waals surface area (Å²) < 4.78 is 23.8. The van der Waals surface area contributed by atoms with Gasteiger partial charge in [-0.1, -0.05) is 5.21 Å². The fourth-order valence-electron chi connectivity index (χ4n) is 1.40. The molecule has 0 aliphatic rings. The van der Waals surface area contributed by atoms with E-state index in [2.05, 4.69) is 15.3 Å². The molecule has 0 spiro atoms. The Morgan fingerprint density at radius 2 is 2.18 bits per heavy atom. The molecule has 2 aromatic rings. The van der Waals surface area contributed by atoms with Gasteiger partial charge in [0.2, 0.25) is 0 Å². The van der Waals surface area contributed by atoms with Crippen LogP contribution in [-0.2, 0) is 22.1 Å². The summed E-state index contributed by atoms with van der Waals surface area (Å²) in [5.41, 5.74) is 1.36. The first kappa shape index (κ1) is 12.2. The van der Waals surface area contributed by atoms with Crippen molar-refractivity contribution < 1.29 is 8.42 Å². The van der Waals surface area contributed by atoms with Crippen molar-refractivity contribution in [3.8, 4) is 0 Å². The van der Waals surface area contributed by atoms with Crippen molar-refractivity contribution in [2.24, 2.45) is 0 Å². The number of aryl methyl sites for hydroxylation is 1. The number of hydrogen-bond acceptors (Lipinski definition) is 6. The van der Waals surface area contributed by atoms with Crippen molar-refractivity contribution in [3.05, 3.63) is 28.0 Å². The van der Waals surface area contributed by atoms with Crippen molar-refractivity contribution >= 4 is 21.2 Å². The molecule has 2 aromatic heterocycles. The molecular formula is C9H12N4O2S2. The fraction of sp³-hybridized carbons (Fsp3) is 0.444. The van der Waals surface area contributed by atoms with E-state index in [1.807, 2.05) is 12.3 Å². The number of thiazole rings is 1. The van der Waals surface area contributed by atoms with Gasteiger partial charge in [-0.05, 0) is 6.92 Å². The maximum atomic E-state index is 11.1. The molecule has 0 atom stereocenters. The minimum absolute atomic E-state index is 0.0803. The van der Waals surface area contributed by atoms with Gasteiger partial charge in [0.15, 0.2) is 9.84 Å². The van der Waals surface area contributed by atoms with Crippen molar-refractivity contribution in [2.75, 3.05) is 6.26 Å². The van der Waals surface area contributed by atoms with Crippen LogP contribution >= 0.6 is 11.3 Å². The van der Waals surface area contributed by atoms with Crippen molar-refractivity contribution in [1.82, 2.24) is 20.0 Å². The van der Waals surface area contributed by atoms with Crippen LogP contribution < -0.4 is 0 Å².